The number of pyridine rings is 1. The molecule has 1 aromatic carbocycles. The van der Waals surface area contributed by atoms with Gasteiger partial charge in [0.05, 0.1) is 6.04 Å². The minimum absolute atomic E-state index is 0.0858. The van der Waals surface area contributed by atoms with E-state index in [2.05, 4.69) is 15.6 Å². The van der Waals surface area contributed by atoms with Gasteiger partial charge in [-0.25, -0.2) is 4.98 Å². The van der Waals surface area contributed by atoms with Crippen LogP contribution in [-0.4, -0.2) is 16.9 Å². The summed E-state index contributed by atoms with van der Waals surface area (Å²) in [6, 6.07) is 13.4. The Balaban J connectivity index is 1.84. The van der Waals surface area contributed by atoms with Crippen LogP contribution >= 0.6 is 0 Å². The Kier molecular flexibility index (Phi) is 4.85. The number of aryl methyl sites for hydroxylation is 1. The van der Waals surface area contributed by atoms with E-state index < -0.39 is 0 Å². The standard InChI is InChI=1S/C16H19N3O/c1-12-8-9-15(18-10-12)19-16(20)13(2)17-11-14-6-4-3-5-7-14/h3-10,13,17H,11H2,1-2H3,(H,18,19,20). The monoisotopic (exact) mass is 269 g/mol. The van der Waals surface area contributed by atoms with E-state index >= 15 is 0 Å². The molecule has 2 aromatic rings. The summed E-state index contributed by atoms with van der Waals surface area (Å²) in [5.41, 5.74) is 2.22. The van der Waals surface area contributed by atoms with Gasteiger partial charge in [-0.1, -0.05) is 36.4 Å². The topological polar surface area (TPSA) is 54.0 Å². The van der Waals surface area contributed by atoms with Gasteiger partial charge >= 0.3 is 0 Å². The highest BCUT2D eigenvalue weighted by atomic mass is 16.2. The van der Waals surface area contributed by atoms with Crippen LogP contribution in [0.25, 0.3) is 0 Å². The molecule has 1 atom stereocenters. The number of carbonyl (C=O) groups excluding carboxylic acids is 1. The second-order valence-corrected chi connectivity index (χ2v) is 4.80. The molecular weight excluding hydrogens is 250 g/mol. The molecule has 104 valence electrons. The van der Waals surface area contributed by atoms with Crippen molar-refractivity contribution in [1.29, 1.82) is 0 Å². The summed E-state index contributed by atoms with van der Waals surface area (Å²) in [5, 5.41) is 5.98. The second kappa shape index (κ2) is 6.82. The molecule has 1 aromatic heterocycles. The minimum Gasteiger partial charge on any atom is -0.309 e. The predicted molar refractivity (Wildman–Crippen MR) is 80.3 cm³/mol. The third-order valence-electron chi connectivity index (χ3n) is 3.01. The molecule has 0 bridgehead atoms. The average molecular weight is 269 g/mol. The van der Waals surface area contributed by atoms with Gasteiger partial charge in [0.2, 0.25) is 5.91 Å². The van der Waals surface area contributed by atoms with Crippen molar-refractivity contribution < 1.29 is 4.79 Å². The number of nitrogens with one attached hydrogen (secondary N) is 2. The van der Waals surface area contributed by atoms with Crippen molar-refractivity contribution in [3.63, 3.8) is 0 Å². The number of aromatic nitrogens is 1. The normalized spacial score (nSPS) is 11.9. The quantitative estimate of drug-likeness (QED) is 0.877. The van der Waals surface area contributed by atoms with Gasteiger partial charge in [0.1, 0.15) is 5.82 Å². The van der Waals surface area contributed by atoms with Gasteiger partial charge in [0, 0.05) is 12.7 Å². The lowest BCUT2D eigenvalue weighted by Crippen LogP contribution is -2.37. The maximum Gasteiger partial charge on any atom is 0.242 e. The van der Waals surface area contributed by atoms with Crippen molar-refractivity contribution in [3.8, 4) is 0 Å². The van der Waals surface area contributed by atoms with Crippen LogP contribution in [0.15, 0.2) is 48.7 Å². The number of benzene rings is 1. The van der Waals surface area contributed by atoms with E-state index in [1.165, 1.54) is 0 Å². The Bertz CT molecular complexity index is 552. The number of hydrogen-bond acceptors (Lipinski definition) is 3. The number of hydrogen-bond donors (Lipinski definition) is 2. The summed E-state index contributed by atoms with van der Waals surface area (Å²) in [4.78, 5) is 16.2. The average Bonchev–Trinajstić information content (AvgIpc) is 2.48. The maximum atomic E-state index is 12.0. The summed E-state index contributed by atoms with van der Waals surface area (Å²) >= 11 is 0. The molecule has 1 unspecified atom stereocenters. The largest absolute Gasteiger partial charge is 0.309 e. The van der Waals surface area contributed by atoms with Crippen LogP contribution in [0.1, 0.15) is 18.1 Å². The van der Waals surface area contributed by atoms with Crippen molar-refractivity contribution in [2.75, 3.05) is 5.32 Å². The summed E-state index contributed by atoms with van der Waals surface area (Å²) in [6.45, 7) is 4.46. The molecule has 0 aliphatic heterocycles. The highest BCUT2D eigenvalue weighted by Crippen LogP contribution is 2.05. The molecule has 0 aliphatic carbocycles. The zero-order valence-electron chi connectivity index (χ0n) is 11.8. The first-order chi connectivity index (χ1) is 9.65. The van der Waals surface area contributed by atoms with Crippen LogP contribution in [-0.2, 0) is 11.3 Å². The van der Waals surface area contributed by atoms with Crippen molar-refractivity contribution in [2.24, 2.45) is 0 Å². The molecule has 0 spiro atoms. The highest BCUT2D eigenvalue weighted by Gasteiger charge is 2.12. The summed E-state index contributed by atoms with van der Waals surface area (Å²) in [7, 11) is 0. The van der Waals surface area contributed by atoms with E-state index in [1.54, 1.807) is 12.3 Å². The zero-order chi connectivity index (χ0) is 14.4. The van der Waals surface area contributed by atoms with E-state index in [4.69, 9.17) is 0 Å². The Labute approximate surface area is 119 Å². The number of nitrogens with zero attached hydrogens (tertiary/aromatic N) is 1. The van der Waals surface area contributed by atoms with Crippen LogP contribution in [0.4, 0.5) is 5.82 Å². The molecule has 2 rings (SSSR count). The van der Waals surface area contributed by atoms with Gasteiger partial charge in [-0.3, -0.25) is 4.79 Å². The Morgan fingerprint density at radius 3 is 2.60 bits per heavy atom. The molecule has 0 fully saturated rings. The van der Waals surface area contributed by atoms with Gasteiger partial charge in [-0.2, -0.15) is 0 Å². The van der Waals surface area contributed by atoms with E-state index in [-0.39, 0.29) is 11.9 Å². The first-order valence-electron chi connectivity index (χ1n) is 6.66. The van der Waals surface area contributed by atoms with Crippen LogP contribution in [0.2, 0.25) is 0 Å². The number of carbonyl (C=O) groups is 1. The number of anilines is 1. The summed E-state index contributed by atoms with van der Waals surface area (Å²) < 4.78 is 0. The Morgan fingerprint density at radius 2 is 1.95 bits per heavy atom. The van der Waals surface area contributed by atoms with Gasteiger partial charge in [-0.15, -0.1) is 0 Å². The zero-order valence-corrected chi connectivity index (χ0v) is 11.8. The molecule has 4 heteroatoms. The third kappa shape index (κ3) is 4.17. The lowest BCUT2D eigenvalue weighted by atomic mass is 10.2. The van der Waals surface area contributed by atoms with E-state index in [0.717, 1.165) is 11.1 Å². The Morgan fingerprint density at radius 1 is 1.20 bits per heavy atom. The minimum atomic E-state index is -0.279. The first-order valence-corrected chi connectivity index (χ1v) is 6.66. The van der Waals surface area contributed by atoms with E-state index in [1.807, 2.05) is 50.2 Å². The molecule has 2 N–H and O–H groups in total. The van der Waals surface area contributed by atoms with Gasteiger partial charge in [0.25, 0.3) is 0 Å². The molecular formula is C16H19N3O. The number of rotatable bonds is 5. The van der Waals surface area contributed by atoms with Gasteiger partial charge in [-0.05, 0) is 31.0 Å². The van der Waals surface area contributed by atoms with Gasteiger partial charge in [0.15, 0.2) is 0 Å². The van der Waals surface area contributed by atoms with Crippen LogP contribution in [0.5, 0.6) is 0 Å². The Hall–Kier alpha value is -2.20. The molecule has 0 saturated carbocycles. The molecule has 0 aliphatic rings. The molecule has 0 radical (unpaired) electrons. The smallest absolute Gasteiger partial charge is 0.242 e. The fourth-order valence-electron chi connectivity index (χ4n) is 1.74. The fourth-order valence-corrected chi connectivity index (χ4v) is 1.74. The van der Waals surface area contributed by atoms with Gasteiger partial charge < -0.3 is 10.6 Å². The fraction of sp³-hybridized carbons (Fsp3) is 0.250. The summed E-state index contributed by atoms with van der Waals surface area (Å²) in [5.74, 6) is 0.492. The first kappa shape index (κ1) is 14.2. The lowest BCUT2D eigenvalue weighted by Gasteiger charge is -2.13. The SMILES string of the molecule is Cc1ccc(NC(=O)C(C)NCc2ccccc2)nc1. The molecule has 20 heavy (non-hydrogen) atoms. The van der Waals surface area contributed by atoms with Crippen molar-refractivity contribution in [2.45, 2.75) is 26.4 Å². The lowest BCUT2D eigenvalue weighted by molar-refractivity contribution is -0.117. The van der Waals surface area contributed by atoms with Crippen LogP contribution in [0, 0.1) is 6.92 Å². The van der Waals surface area contributed by atoms with Crippen molar-refractivity contribution >= 4 is 11.7 Å². The molecule has 1 heterocycles. The molecule has 0 saturated heterocycles. The second-order valence-electron chi connectivity index (χ2n) is 4.80. The van der Waals surface area contributed by atoms with E-state index in [9.17, 15) is 4.79 Å². The maximum absolute atomic E-state index is 12.0. The van der Waals surface area contributed by atoms with Crippen LogP contribution < -0.4 is 10.6 Å². The summed E-state index contributed by atoms with van der Waals surface area (Å²) in [6.07, 6.45) is 1.73. The van der Waals surface area contributed by atoms with Crippen molar-refractivity contribution in [3.05, 3.63) is 59.8 Å². The van der Waals surface area contributed by atoms with E-state index in [0.29, 0.717) is 12.4 Å². The third-order valence-corrected chi connectivity index (χ3v) is 3.01. The molecule has 1 amide bonds. The van der Waals surface area contributed by atoms with Crippen LogP contribution in [0.3, 0.4) is 0 Å². The predicted octanol–water partition coefficient (Wildman–Crippen LogP) is 2.51. The van der Waals surface area contributed by atoms with Crippen molar-refractivity contribution in [1.82, 2.24) is 10.3 Å². The highest BCUT2D eigenvalue weighted by molar-refractivity contribution is 5.93. The molecule has 4 nitrogen and oxygen atoms in total. The number of amides is 1.